The molecule has 1 atom stereocenters. The van der Waals surface area contributed by atoms with Crippen molar-refractivity contribution in [2.45, 2.75) is 12.0 Å². The van der Waals surface area contributed by atoms with Crippen LogP contribution in [0.15, 0.2) is 28.8 Å². The quantitative estimate of drug-likeness (QED) is 0.862. The number of nitrogens with one attached hydrogen (secondary N) is 1. The van der Waals surface area contributed by atoms with Crippen molar-refractivity contribution in [1.29, 1.82) is 0 Å². The molecule has 94 valence electrons. The summed E-state index contributed by atoms with van der Waals surface area (Å²) in [5.41, 5.74) is -0.365. The third-order valence-electron chi connectivity index (χ3n) is 3.07. The molecule has 1 aromatic heterocycles. The molecule has 2 N–H and O–H groups in total. The van der Waals surface area contributed by atoms with Crippen molar-refractivity contribution in [3.63, 3.8) is 0 Å². The molecular weight excluding hydrogens is 254 g/mol. The highest BCUT2D eigenvalue weighted by molar-refractivity contribution is 6.33. The van der Waals surface area contributed by atoms with E-state index in [0.29, 0.717) is 29.4 Å². The number of aromatic nitrogens is 2. The number of nitrogens with zero attached hydrogens (tertiary/aromatic N) is 2. The molecule has 0 amide bonds. The summed E-state index contributed by atoms with van der Waals surface area (Å²) in [4.78, 5) is 4.24. The van der Waals surface area contributed by atoms with Gasteiger partial charge in [0.25, 0.3) is 5.89 Å². The van der Waals surface area contributed by atoms with E-state index in [1.165, 1.54) is 0 Å². The van der Waals surface area contributed by atoms with E-state index in [1.807, 2.05) is 18.2 Å². The summed E-state index contributed by atoms with van der Waals surface area (Å²) in [6.45, 7) is 1.16. The minimum absolute atomic E-state index is 0.238. The number of rotatable bonds is 2. The lowest BCUT2D eigenvalue weighted by atomic mass is 10.0. The van der Waals surface area contributed by atoms with Crippen LogP contribution < -0.4 is 5.32 Å². The fourth-order valence-corrected chi connectivity index (χ4v) is 2.25. The molecule has 0 bridgehead atoms. The lowest BCUT2D eigenvalue weighted by Gasteiger charge is -2.14. The maximum atomic E-state index is 10.3. The van der Waals surface area contributed by atoms with Gasteiger partial charge >= 0.3 is 0 Å². The maximum absolute atomic E-state index is 10.3. The highest BCUT2D eigenvalue weighted by Gasteiger charge is 2.38. The van der Waals surface area contributed by atoms with Gasteiger partial charge in [0.05, 0.1) is 5.02 Å². The van der Waals surface area contributed by atoms with Crippen molar-refractivity contribution >= 4 is 11.6 Å². The first kappa shape index (κ1) is 11.6. The van der Waals surface area contributed by atoms with Crippen LogP contribution in [0.5, 0.6) is 0 Å². The van der Waals surface area contributed by atoms with Crippen LogP contribution in [0.2, 0.25) is 5.02 Å². The average molecular weight is 266 g/mol. The second kappa shape index (κ2) is 4.35. The van der Waals surface area contributed by atoms with E-state index in [-0.39, 0.29) is 5.89 Å². The van der Waals surface area contributed by atoms with Crippen LogP contribution in [0.3, 0.4) is 0 Å². The van der Waals surface area contributed by atoms with Crippen LogP contribution >= 0.6 is 11.6 Å². The molecule has 0 spiro atoms. The SMILES string of the molecule is OC1(c2nc(-c3ccccc3Cl)no2)CCNC1. The van der Waals surface area contributed by atoms with Crippen molar-refractivity contribution in [3.8, 4) is 11.4 Å². The fourth-order valence-electron chi connectivity index (χ4n) is 2.03. The fraction of sp³-hybridized carbons (Fsp3) is 0.333. The Bertz CT molecular complexity index is 564. The molecule has 2 aromatic rings. The Morgan fingerprint density at radius 1 is 1.39 bits per heavy atom. The zero-order valence-corrected chi connectivity index (χ0v) is 10.3. The highest BCUT2D eigenvalue weighted by Crippen LogP contribution is 2.30. The van der Waals surface area contributed by atoms with Crippen LogP contribution in [-0.4, -0.2) is 28.3 Å². The molecule has 18 heavy (non-hydrogen) atoms. The first-order chi connectivity index (χ1) is 8.69. The van der Waals surface area contributed by atoms with Gasteiger partial charge in [0.1, 0.15) is 0 Å². The molecule has 3 rings (SSSR count). The number of hydrogen-bond donors (Lipinski definition) is 2. The van der Waals surface area contributed by atoms with Gasteiger partial charge in [0.2, 0.25) is 5.82 Å². The van der Waals surface area contributed by atoms with Crippen molar-refractivity contribution in [2.75, 3.05) is 13.1 Å². The van der Waals surface area contributed by atoms with Crippen molar-refractivity contribution in [2.24, 2.45) is 0 Å². The number of β-amino-alcohol motifs (C(OH)–C–C–N with tert-alkyl or cyclic N) is 1. The van der Waals surface area contributed by atoms with E-state index in [9.17, 15) is 5.11 Å². The van der Waals surface area contributed by atoms with Crippen LogP contribution in [-0.2, 0) is 5.60 Å². The standard InChI is InChI=1S/C12H12ClN3O2/c13-9-4-2-1-3-8(9)10-15-11(18-16-10)12(17)5-6-14-7-12/h1-4,14,17H,5-7H2. The van der Waals surface area contributed by atoms with Gasteiger partial charge in [-0.15, -0.1) is 0 Å². The van der Waals surface area contributed by atoms with E-state index in [1.54, 1.807) is 6.07 Å². The Morgan fingerprint density at radius 2 is 2.22 bits per heavy atom. The van der Waals surface area contributed by atoms with Gasteiger partial charge in [-0.2, -0.15) is 4.98 Å². The first-order valence-corrected chi connectivity index (χ1v) is 6.09. The normalized spacial score (nSPS) is 23.4. The molecule has 0 saturated carbocycles. The third-order valence-corrected chi connectivity index (χ3v) is 3.40. The first-order valence-electron chi connectivity index (χ1n) is 5.71. The molecule has 1 unspecified atom stereocenters. The third kappa shape index (κ3) is 1.90. The molecule has 1 aliphatic heterocycles. The minimum Gasteiger partial charge on any atom is -0.379 e. The Labute approximate surface area is 109 Å². The number of halogens is 1. The van der Waals surface area contributed by atoms with Gasteiger partial charge in [-0.3, -0.25) is 0 Å². The smallest absolute Gasteiger partial charge is 0.260 e. The van der Waals surface area contributed by atoms with Crippen LogP contribution in [0.4, 0.5) is 0 Å². The Kier molecular flexibility index (Phi) is 2.81. The number of aliphatic hydroxyl groups is 1. The Morgan fingerprint density at radius 3 is 2.94 bits per heavy atom. The van der Waals surface area contributed by atoms with E-state index < -0.39 is 5.60 Å². The van der Waals surface area contributed by atoms with E-state index in [2.05, 4.69) is 15.5 Å². The van der Waals surface area contributed by atoms with Crippen molar-refractivity contribution in [3.05, 3.63) is 35.2 Å². The van der Waals surface area contributed by atoms with Gasteiger partial charge in [-0.1, -0.05) is 28.9 Å². The van der Waals surface area contributed by atoms with E-state index in [4.69, 9.17) is 16.1 Å². The summed E-state index contributed by atoms with van der Waals surface area (Å²) in [7, 11) is 0. The van der Waals surface area contributed by atoms with Gasteiger partial charge in [0.15, 0.2) is 5.60 Å². The summed E-state index contributed by atoms with van der Waals surface area (Å²) in [6.07, 6.45) is 0.567. The van der Waals surface area contributed by atoms with E-state index in [0.717, 1.165) is 6.54 Å². The average Bonchev–Trinajstić information content (AvgIpc) is 2.99. The summed E-state index contributed by atoms with van der Waals surface area (Å²) in [6, 6.07) is 7.26. The van der Waals surface area contributed by atoms with Gasteiger partial charge < -0.3 is 14.9 Å². The topological polar surface area (TPSA) is 71.2 Å². The zero-order valence-electron chi connectivity index (χ0n) is 9.56. The number of hydrogen-bond acceptors (Lipinski definition) is 5. The highest BCUT2D eigenvalue weighted by atomic mass is 35.5. The Hall–Kier alpha value is -1.43. The Balaban J connectivity index is 1.97. The van der Waals surface area contributed by atoms with Crippen LogP contribution in [0, 0.1) is 0 Å². The second-order valence-electron chi connectivity index (χ2n) is 4.36. The molecule has 5 nitrogen and oxygen atoms in total. The molecule has 0 aliphatic carbocycles. The molecular formula is C12H12ClN3O2. The van der Waals surface area contributed by atoms with Gasteiger partial charge in [-0.05, 0) is 25.1 Å². The number of benzene rings is 1. The minimum atomic E-state index is -1.06. The van der Waals surface area contributed by atoms with Crippen LogP contribution in [0.1, 0.15) is 12.3 Å². The molecule has 1 aliphatic rings. The summed E-state index contributed by atoms with van der Waals surface area (Å²) < 4.78 is 5.15. The zero-order chi connectivity index (χ0) is 12.6. The molecule has 1 saturated heterocycles. The lowest BCUT2D eigenvalue weighted by molar-refractivity contribution is 0.0243. The predicted octanol–water partition coefficient (Wildman–Crippen LogP) is 1.57. The molecule has 6 heteroatoms. The van der Waals surface area contributed by atoms with E-state index >= 15 is 0 Å². The molecule has 1 fully saturated rings. The van der Waals surface area contributed by atoms with Crippen molar-refractivity contribution < 1.29 is 9.63 Å². The second-order valence-corrected chi connectivity index (χ2v) is 4.77. The molecule has 1 aromatic carbocycles. The maximum Gasteiger partial charge on any atom is 0.260 e. The van der Waals surface area contributed by atoms with Gasteiger partial charge in [0, 0.05) is 12.1 Å². The molecule has 0 radical (unpaired) electrons. The molecule has 2 heterocycles. The predicted molar refractivity (Wildman–Crippen MR) is 66.1 cm³/mol. The van der Waals surface area contributed by atoms with Crippen molar-refractivity contribution in [1.82, 2.24) is 15.5 Å². The van der Waals surface area contributed by atoms with Gasteiger partial charge in [-0.25, -0.2) is 0 Å². The summed E-state index contributed by atoms with van der Waals surface area (Å²) >= 11 is 6.07. The lowest BCUT2D eigenvalue weighted by Crippen LogP contribution is -2.28. The monoisotopic (exact) mass is 265 g/mol. The van der Waals surface area contributed by atoms with Crippen LogP contribution in [0.25, 0.3) is 11.4 Å². The summed E-state index contributed by atoms with van der Waals surface area (Å²) in [5, 5.41) is 17.8. The summed E-state index contributed by atoms with van der Waals surface area (Å²) in [5.74, 6) is 0.637. The largest absolute Gasteiger partial charge is 0.379 e.